The number of nitrogens with zero attached hydrogens (tertiary/aromatic N) is 2. The topological polar surface area (TPSA) is 38.0 Å². The maximum Gasteiger partial charge on any atom is 0.0832 e. The number of aryl methyl sites for hydroxylation is 1. The summed E-state index contributed by atoms with van der Waals surface area (Å²) in [6.07, 6.45) is 3.69. The molecule has 1 unspecified atom stereocenters. The van der Waals surface area contributed by atoms with Crippen LogP contribution in [0.15, 0.2) is 35.1 Å². The molecule has 0 saturated heterocycles. The normalized spacial score (nSPS) is 12.7. The monoisotopic (exact) mass is 328 g/mol. The van der Waals surface area contributed by atoms with Crippen LogP contribution in [0, 0.1) is 0 Å². The van der Waals surface area contributed by atoms with Crippen LogP contribution in [0.25, 0.3) is 0 Å². The lowest BCUT2D eigenvalue weighted by Gasteiger charge is -2.10. The molecular weight excluding hydrogens is 316 g/mol. The van der Waals surface area contributed by atoms with Crippen LogP contribution in [0.4, 0.5) is 0 Å². The fraction of sp³-hybridized carbons (Fsp3) is 0.308. The Labute approximate surface area is 120 Å². The molecule has 0 aliphatic carbocycles. The van der Waals surface area contributed by atoms with E-state index in [1.807, 2.05) is 23.9 Å². The number of hydrogen-bond acceptors (Lipinski definition) is 2. The van der Waals surface area contributed by atoms with E-state index in [0.29, 0.717) is 11.4 Å². The van der Waals surface area contributed by atoms with E-state index in [9.17, 15) is 5.11 Å². The number of halogens is 2. The summed E-state index contributed by atoms with van der Waals surface area (Å²) in [5.41, 5.74) is 1.82. The van der Waals surface area contributed by atoms with Crippen LogP contribution < -0.4 is 0 Å². The predicted octanol–water partition coefficient (Wildman–Crippen LogP) is 3.60. The van der Waals surface area contributed by atoms with Gasteiger partial charge in [0.25, 0.3) is 0 Å². The lowest BCUT2D eigenvalue weighted by atomic mass is 10.0. The molecule has 18 heavy (non-hydrogen) atoms. The molecule has 0 amide bonds. The van der Waals surface area contributed by atoms with E-state index in [0.717, 1.165) is 22.1 Å². The molecule has 0 bridgehead atoms. The molecule has 1 aromatic heterocycles. The summed E-state index contributed by atoms with van der Waals surface area (Å²) in [5.74, 6) is 0. The first kappa shape index (κ1) is 13.6. The molecule has 0 radical (unpaired) electrons. The third-order valence-corrected chi connectivity index (χ3v) is 3.39. The highest BCUT2D eigenvalue weighted by atomic mass is 79.9. The first-order valence-corrected chi connectivity index (χ1v) is 6.91. The Morgan fingerprint density at radius 1 is 1.44 bits per heavy atom. The van der Waals surface area contributed by atoms with Crippen LogP contribution in [-0.2, 0) is 13.0 Å². The van der Waals surface area contributed by atoms with Crippen molar-refractivity contribution >= 4 is 27.5 Å². The minimum Gasteiger partial charge on any atom is -0.388 e. The first-order chi connectivity index (χ1) is 8.58. The fourth-order valence-electron chi connectivity index (χ4n) is 1.79. The highest BCUT2D eigenvalue weighted by Crippen LogP contribution is 2.25. The summed E-state index contributed by atoms with van der Waals surface area (Å²) in [6, 6.07) is 5.45. The van der Waals surface area contributed by atoms with Gasteiger partial charge in [-0.05, 0) is 36.2 Å². The van der Waals surface area contributed by atoms with Crippen molar-refractivity contribution in [1.82, 2.24) is 9.78 Å². The van der Waals surface area contributed by atoms with Crippen molar-refractivity contribution in [1.29, 1.82) is 0 Å². The fourth-order valence-corrected chi connectivity index (χ4v) is 2.68. The van der Waals surface area contributed by atoms with Gasteiger partial charge in [-0.25, -0.2) is 0 Å². The number of aliphatic hydroxyl groups is 1. The molecule has 5 heteroatoms. The largest absolute Gasteiger partial charge is 0.388 e. The van der Waals surface area contributed by atoms with Gasteiger partial charge in [0.2, 0.25) is 0 Å². The van der Waals surface area contributed by atoms with E-state index in [4.69, 9.17) is 11.6 Å². The van der Waals surface area contributed by atoms with Crippen molar-refractivity contribution in [3.05, 3.63) is 51.2 Å². The number of aromatic nitrogens is 2. The quantitative estimate of drug-likeness (QED) is 0.931. The van der Waals surface area contributed by atoms with Gasteiger partial charge >= 0.3 is 0 Å². The van der Waals surface area contributed by atoms with Gasteiger partial charge in [-0.3, -0.25) is 4.68 Å². The first-order valence-electron chi connectivity index (χ1n) is 5.74. The Bertz CT molecular complexity index is 521. The van der Waals surface area contributed by atoms with Crippen LogP contribution in [0.5, 0.6) is 0 Å². The van der Waals surface area contributed by atoms with Crippen molar-refractivity contribution in [2.45, 2.75) is 26.0 Å². The second kappa shape index (κ2) is 5.87. The lowest BCUT2D eigenvalue weighted by molar-refractivity contribution is 0.178. The van der Waals surface area contributed by atoms with Crippen LogP contribution in [-0.4, -0.2) is 14.9 Å². The van der Waals surface area contributed by atoms with Gasteiger partial charge < -0.3 is 5.11 Å². The lowest BCUT2D eigenvalue weighted by Crippen LogP contribution is -2.01. The van der Waals surface area contributed by atoms with E-state index >= 15 is 0 Å². The molecule has 2 aromatic rings. The second-order valence-corrected chi connectivity index (χ2v) is 5.48. The zero-order valence-electron chi connectivity index (χ0n) is 9.98. The third-order valence-electron chi connectivity index (χ3n) is 2.71. The number of aliphatic hydroxyl groups excluding tert-OH is 1. The standard InChI is InChI=1S/C13H14BrClN2O/c1-2-17-8-9(7-16-17)3-13(18)10-4-11(14)6-12(15)5-10/h4-8,13,18H,2-3H2,1H3. The zero-order chi connectivity index (χ0) is 13.1. The molecule has 1 N–H and O–H groups in total. The average molecular weight is 330 g/mol. The predicted molar refractivity (Wildman–Crippen MR) is 75.7 cm³/mol. The summed E-state index contributed by atoms with van der Waals surface area (Å²) in [7, 11) is 0. The molecule has 3 nitrogen and oxygen atoms in total. The van der Waals surface area contributed by atoms with Crippen molar-refractivity contribution < 1.29 is 5.11 Å². The maximum atomic E-state index is 10.2. The molecule has 0 spiro atoms. The third kappa shape index (κ3) is 3.34. The van der Waals surface area contributed by atoms with Gasteiger partial charge in [0.1, 0.15) is 0 Å². The number of rotatable bonds is 4. The second-order valence-electron chi connectivity index (χ2n) is 4.13. The highest BCUT2D eigenvalue weighted by molar-refractivity contribution is 9.10. The summed E-state index contributed by atoms with van der Waals surface area (Å²) >= 11 is 9.34. The summed E-state index contributed by atoms with van der Waals surface area (Å²) < 4.78 is 2.71. The van der Waals surface area contributed by atoms with Gasteiger partial charge in [0, 0.05) is 28.7 Å². The Hall–Kier alpha value is -0.840. The highest BCUT2D eigenvalue weighted by Gasteiger charge is 2.11. The van der Waals surface area contributed by atoms with Crippen LogP contribution in [0.1, 0.15) is 24.2 Å². The minimum absolute atomic E-state index is 0.535. The van der Waals surface area contributed by atoms with Gasteiger partial charge in [0.15, 0.2) is 0 Å². The van der Waals surface area contributed by atoms with Crippen molar-refractivity contribution in [2.75, 3.05) is 0 Å². The van der Waals surface area contributed by atoms with Gasteiger partial charge in [-0.1, -0.05) is 27.5 Å². The molecule has 1 aromatic carbocycles. The van der Waals surface area contributed by atoms with Crippen LogP contribution >= 0.6 is 27.5 Å². The molecule has 0 fully saturated rings. The SMILES string of the molecule is CCn1cc(CC(O)c2cc(Cl)cc(Br)c2)cn1. The number of benzene rings is 1. The Kier molecular flexibility index (Phi) is 4.43. The molecule has 1 heterocycles. The number of hydrogen-bond donors (Lipinski definition) is 1. The van der Waals surface area contributed by atoms with Crippen molar-refractivity contribution in [3.8, 4) is 0 Å². The Morgan fingerprint density at radius 2 is 2.22 bits per heavy atom. The maximum absolute atomic E-state index is 10.2. The molecule has 0 aliphatic heterocycles. The van der Waals surface area contributed by atoms with Gasteiger partial charge in [-0.15, -0.1) is 0 Å². The van der Waals surface area contributed by atoms with Crippen LogP contribution in [0.3, 0.4) is 0 Å². The zero-order valence-corrected chi connectivity index (χ0v) is 12.3. The summed E-state index contributed by atoms with van der Waals surface area (Å²) in [6.45, 7) is 2.86. The minimum atomic E-state index is -0.575. The van der Waals surface area contributed by atoms with Crippen molar-refractivity contribution in [2.24, 2.45) is 0 Å². The molecule has 96 valence electrons. The van der Waals surface area contributed by atoms with E-state index < -0.39 is 6.10 Å². The van der Waals surface area contributed by atoms with Gasteiger partial charge in [-0.2, -0.15) is 5.10 Å². The van der Waals surface area contributed by atoms with E-state index in [2.05, 4.69) is 21.0 Å². The Morgan fingerprint density at radius 3 is 2.83 bits per heavy atom. The summed E-state index contributed by atoms with van der Waals surface area (Å²) in [5, 5.41) is 15.0. The van der Waals surface area contributed by atoms with E-state index in [1.54, 1.807) is 18.3 Å². The van der Waals surface area contributed by atoms with Gasteiger partial charge in [0.05, 0.1) is 12.3 Å². The van der Waals surface area contributed by atoms with Crippen LogP contribution in [0.2, 0.25) is 5.02 Å². The molecular formula is C13H14BrClN2O. The molecule has 2 rings (SSSR count). The summed E-state index contributed by atoms with van der Waals surface area (Å²) in [4.78, 5) is 0. The molecule has 1 atom stereocenters. The molecule has 0 saturated carbocycles. The smallest absolute Gasteiger partial charge is 0.0832 e. The van der Waals surface area contributed by atoms with E-state index in [-0.39, 0.29) is 0 Å². The molecule has 0 aliphatic rings. The average Bonchev–Trinajstić information content (AvgIpc) is 2.75. The Balaban J connectivity index is 2.13. The van der Waals surface area contributed by atoms with E-state index in [1.165, 1.54) is 0 Å². The van der Waals surface area contributed by atoms with Crippen molar-refractivity contribution in [3.63, 3.8) is 0 Å².